The molecule has 1 aromatic rings. The molecule has 5 nitrogen and oxygen atoms in total. The third kappa shape index (κ3) is 4.21. The van der Waals surface area contributed by atoms with Gasteiger partial charge in [0.25, 0.3) is 0 Å². The molecule has 2 rings (SSSR count). The SMILES string of the molecule is CCCCOc1ccc(CN2CC(C(=O)O)CC2=O)cc1. The van der Waals surface area contributed by atoms with Crippen molar-refractivity contribution < 1.29 is 19.4 Å². The normalized spacial score (nSPS) is 18.0. The standard InChI is InChI=1S/C16H21NO4/c1-2-3-8-21-14-6-4-12(5-7-14)10-17-11-13(16(19)20)9-15(17)18/h4-7,13H,2-3,8-11H2,1H3,(H,19,20). The van der Waals surface area contributed by atoms with Crippen molar-refractivity contribution in [3.8, 4) is 5.75 Å². The third-order valence-corrected chi connectivity index (χ3v) is 3.63. The monoisotopic (exact) mass is 291 g/mol. The van der Waals surface area contributed by atoms with Crippen LogP contribution in [0, 0.1) is 5.92 Å². The first kappa shape index (κ1) is 15.4. The predicted octanol–water partition coefficient (Wildman–Crippen LogP) is 2.30. The largest absolute Gasteiger partial charge is 0.494 e. The van der Waals surface area contributed by atoms with Crippen molar-refractivity contribution >= 4 is 11.9 Å². The van der Waals surface area contributed by atoms with E-state index in [-0.39, 0.29) is 12.3 Å². The van der Waals surface area contributed by atoms with Crippen LogP contribution in [0.15, 0.2) is 24.3 Å². The summed E-state index contributed by atoms with van der Waals surface area (Å²) in [4.78, 5) is 24.3. The van der Waals surface area contributed by atoms with E-state index in [1.54, 1.807) is 4.90 Å². The van der Waals surface area contributed by atoms with Gasteiger partial charge in [-0.3, -0.25) is 9.59 Å². The van der Waals surface area contributed by atoms with E-state index >= 15 is 0 Å². The smallest absolute Gasteiger partial charge is 0.308 e. The van der Waals surface area contributed by atoms with E-state index in [2.05, 4.69) is 6.92 Å². The molecule has 1 atom stereocenters. The van der Waals surface area contributed by atoms with Crippen LogP contribution >= 0.6 is 0 Å². The van der Waals surface area contributed by atoms with Crippen molar-refractivity contribution in [1.29, 1.82) is 0 Å². The summed E-state index contributed by atoms with van der Waals surface area (Å²) in [5, 5.41) is 8.96. The summed E-state index contributed by atoms with van der Waals surface area (Å²) in [6, 6.07) is 7.62. The zero-order valence-electron chi connectivity index (χ0n) is 12.2. The number of amides is 1. The second kappa shape index (κ2) is 7.11. The number of likely N-dealkylation sites (tertiary alicyclic amines) is 1. The number of rotatable bonds is 7. The van der Waals surface area contributed by atoms with Crippen LogP contribution in [0.1, 0.15) is 31.7 Å². The molecule has 5 heteroatoms. The Hall–Kier alpha value is -2.04. The highest BCUT2D eigenvalue weighted by molar-refractivity contribution is 5.86. The molecule has 1 aromatic carbocycles. The van der Waals surface area contributed by atoms with Gasteiger partial charge < -0.3 is 14.7 Å². The molecule has 21 heavy (non-hydrogen) atoms. The number of carbonyl (C=O) groups excluding carboxylic acids is 1. The Kier molecular flexibility index (Phi) is 5.20. The zero-order chi connectivity index (χ0) is 15.2. The summed E-state index contributed by atoms with van der Waals surface area (Å²) in [5.74, 6) is -0.742. The maximum atomic E-state index is 11.8. The Morgan fingerprint density at radius 3 is 2.67 bits per heavy atom. The highest BCUT2D eigenvalue weighted by Crippen LogP contribution is 2.21. The fourth-order valence-electron chi connectivity index (χ4n) is 2.34. The van der Waals surface area contributed by atoms with E-state index in [0.29, 0.717) is 19.7 Å². The van der Waals surface area contributed by atoms with Crippen LogP contribution in [0.3, 0.4) is 0 Å². The van der Waals surface area contributed by atoms with Gasteiger partial charge in [-0.25, -0.2) is 0 Å². The first-order chi connectivity index (χ1) is 10.1. The molecule has 1 amide bonds. The molecular weight excluding hydrogens is 270 g/mol. The van der Waals surface area contributed by atoms with E-state index in [4.69, 9.17) is 9.84 Å². The van der Waals surface area contributed by atoms with Gasteiger partial charge in [0.2, 0.25) is 5.91 Å². The molecule has 1 unspecified atom stereocenters. The fourth-order valence-corrected chi connectivity index (χ4v) is 2.34. The molecule has 1 N–H and O–H groups in total. The van der Waals surface area contributed by atoms with Crippen LogP contribution < -0.4 is 4.74 Å². The average Bonchev–Trinajstić information content (AvgIpc) is 2.83. The van der Waals surface area contributed by atoms with E-state index in [1.165, 1.54) is 0 Å². The van der Waals surface area contributed by atoms with Gasteiger partial charge >= 0.3 is 5.97 Å². The molecule has 1 aliphatic rings. The molecule has 0 saturated carbocycles. The lowest BCUT2D eigenvalue weighted by molar-refractivity contribution is -0.141. The maximum absolute atomic E-state index is 11.8. The van der Waals surface area contributed by atoms with Crippen LogP contribution in [0.2, 0.25) is 0 Å². The molecule has 1 fully saturated rings. The average molecular weight is 291 g/mol. The quantitative estimate of drug-likeness (QED) is 0.783. The fraction of sp³-hybridized carbons (Fsp3) is 0.500. The van der Waals surface area contributed by atoms with Crippen LogP contribution in [-0.2, 0) is 16.1 Å². The highest BCUT2D eigenvalue weighted by Gasteiger charge is 2.33. The van der Waals surface area contributed by atoms with Crippen molar-refractivity contribution in [2.45, 2.75) is 32.7 Å². The summed E-state index contributed by atoms with van der Waals surface area (Å²) in [5.41, 5.74) is 0.984. The molecule has 1 saturated heterocycles. The minimum absolute atomic E-state index is 0.0920. The Morgan fingerprint density at radius 2 is 2.10 bits per heavy atom. The number of nitrogens with zero attached hydrogens (tertiary/aromatic N) is 1. The van der Waals surface area contributed by atoms with Gasteiger partial charge in [-0.1, -0.05) is 25.5 Å². The van der Waals surface area contributed by atoms with Crippen LogP contribution in [0.4, 0.5) is 0 Å². The van der Waals surface area contributed by atoms with Gasteiger partial charge in [-0.05, 0) is 24.1 Å². The lowest BCUT2D eigenvalue weighted by atomic mass is 10.1. The number of carboxylic acids is 1. The van der Waals surface area contributed by atoms with E-state index in [9.17, 15) is 9.59 Å². The number of unbranched alkanes of at least 4 members (excludes halogenated alkanes) is 1. The van der Waals surface area contributed by atoms with Crippen molar-refractivity contribution in [2.75, 3.05) is 13.2 Å². The minimum atomic E-state index is -0.898. The van der Waals surface area contributed by atoms with E-state index < -0.39 is 11.9 Å². The Balaban J connectivity index is 1.88. The number of aliphatic carboxylic acids is 1. The van der Waals surface area contributed by atoms with Crippen molar-refractivity contribution in [3.05, 3.63) is 29.8 Å². The number of benzene rings is 1. The zero-order valence-corrected chi connectivity index (χ0v) is 12.2. The first-order valence-corrected chi connectivity index (χ1v) is 7.32. The molecule has 0 aliphatic carbocycles. The van der Waals surface area contributed by atoms with Crippen LogP contribution in [0.5, 0.6) is 5.75 Å². The lowest BCUT2D eigenvalue weighted by Gasteiger charge is -2.16. The Labute approximate surface area is 124 Å². The third-order valence-electron chi connectivity index (χ3n) is 3.63. The van der Waals surface area contributed by atoms with E-state index in [0.717, 1.165) is 24.2 Å². The lowest BCUT2D eigenvalue weighted by Crippen LogP contribution is -2.25. The van der Waals surface area contributed by atoms with Crippen LogP contribution in [-0.4, -0.2) is 35.0 Å². The molecule has 0 spiro atoms. The van der Waals surface area contributed by atoms with Gasteiger partial charge in [0.05, 0.1) is 12.5 Å². The molecule has 1 heterocycles. The van der Waals surface area contributed by atoms with Crippen molar-refractivity contribution in [1.82, 2.24) is 4.90 Å². The molecule has 114 valence electrons. The summed E-state index contributed by atoms with van der Waals surface area (Å²) < 4.78 is 5.58. The van der Waals surface area contributed by atoms with Crippen molar-refractivity contribution in [2.24, 2.45) is 5.92 Å². The molecular formula is C16H21NO4. The second-order valence-electron chi connectivity index (χ2n) is 5.36. The van der Waals surface area contributed by atoms with Gasteiger partial charge in [0.1, 0.15) is 5.75 Å². The molecule has 0 aromatic heterocycles. The molecule has 1 aliphatic heterocycles. The number of hydrogen-bond donors (Lipinski definition) is 1. The Morgan fingerprint density at radius 1 is 1.38 bits per heavy atom. The summed E-state index contributed by atoms with van der Waals surface area (Å²) >= 11 is 0. The predicted molar refractivity (Wildman–Crippen MR) is 78.0 cm³/mol. The maximum Gasteiger partial charge on any atom is 0.308 e. The second-order valence-corrected chi connectivity index (χ2v) is 5.36. The molecule has 0 radical (unpaired) electrons. The summed E-state index contributed by atoms with van der Waals surface area (Å²) in [7, 11) is 0. The van der Waals surface area contributed by atoms with Crippen LogP contribution in [0.25, 0.3) is 0 Å². The summed E-state index contributed by atoms with van der Waals surface area (Å²) in [6.45, 7) is 3.57. The summed E-state index contributed by atoms with van der Waals surface area (Å²) in [6.07, 6.45) is 2.23. The number of hydrogen-bond acceptors (Lipinski definition) is 3. The molecule has 0 bridgehead atoms. The minimum Gasteiger partial charge on any atom is -0.494 e. The van der Waals surface area contributed by atoms with Gasteiger partial charge in [0.15, 0.2) is 0 Å². The van der Waals surface area contributed by atoms with E-state index in [1.807, 2.05) is 24.3 Å². The van der Waals surface area contributed by atoms with Crippen molar-refractivity contribution in [3.63, 3.8) is 0 Å². The topological polar surface area (TPSA) is 66.8 Å². The number of carbonyl (C=O) groups is 2. The first-order valence-electron chi connectivity index (χ1n) is 7.32. The number of carboxylic acid groups (broad SMARTS) is 1. The van der Waals surface area contributed by atoms with Gasteiger partial charge in [-0.15, -0.1) is 0 Å². The Bertz CT molecular complexity index is 498. The number of ether oxygens (including phenoxy) is 1. The van der Waals surface area contributed by atoms with Gasteiger partial charge in [0, 0.05) is 19.5 Å². The highest BCUT2D eigenvalue weighted by atomic mass is 16.5. The van der Waals surface area contributed by atoms with Gasteiger partial charge in [-0.2, -0.15) is 0 Å².